The van der Waals surface area contributed by atoms with Crippen molar-refractivity contribution in [3.63, 3.8) is 0 Å². The van der Waals surface area contributed by atoms with E-state index in [-0.39, 0.29) is 0 Å². The van der Waals surface area contributed by atoms with Gasteiger partial charge in [-0.05, 0) is 6.92 Å². The number of hydrogen-bond acceptors (Lipinski definition) is 5. The third kappa shape index (κ3) is 1.49. The van der Waals surface area contributed by atoms with Crippen molar-refractivity contribution in [3.8, 4) is 0 Å². The smallest absolute Gasteiger partial charge is 0.192 e. The monoisotopic (exact) mass is 176 g/mol. The number of ether oxygens (including phenoxy) is 2. The molecule has 0 amide bonds. The first-order valence-corrected chi connectivity index (χ1v) is 3.66. The van der Waals surface area contributed by atoms with E-state index in [0.717, 1.165) is 0 Å². The van der Waals surface area contributed by atoms with Gasteiger partial charge in [-0.15, -0.1) is 0 Å². The Balaban J connectivity index is 2.70. The van der Waals surface area contributed by atoms with Crippen LogP contribution in [-0.4, -0.2) is 47.7 Å². The third-order valence-corrected chi connectivity index (χ3v) is 1.87. The van der Waals surface area contributed by atoms with Gasteiger partial charge >= 0.3 is 0 Å². The molecule has 0 bridgehead atoms. The van der Waals surface area contributed by atoms with Crippen molar-refractivity contribution in [2.75, 3.05) is 7.11 Å². The van der Waals surface area contributed by atoms with E-state index in [1.54, 1.807) is 0 Å². The second-order valence-electron chi connectivity index (χ2n) is 2.72. The first-order chi connectivity index (χ1) is 5.57. The van der Waals surface area contributed by atoms with Gasteiger partial charge in [0.15, 0.2) is 12.1 Å². The number of carbonyl (C=O) groups excluding carboxylic acids is 1. The molecule has 0 radical (unpaired) electrons. The molecule has 1 saturated heterocycles. The second-order valence-corrected chi connectivity index (χ2v) is 2.72. The molecule has 0 aromatic rings. The summed E-state index contributed by atoms with van der Waals surface area (Å²) in [6, 6.07) is 0. The molecule has 0 aromatic carbocycles. The van der Waals surface area contributed by atoms with Crippen LogP contribution in [0.1, 0.15) is 6.92 Å². The number of aliphatic hydroxyl groups is 2. The van der Waals surface area contributed by atoms with Crippen LogP contribution in [-0.2, 0) is 14.3 Å². The van der Waals surface area contributed by atoms with Crippen molar-refractivity contribution >= 4 is 5.78 Å². The fourth-order valence-corrected chi connectivity index (χ4v) is 1.10. The second kappa shape index (κ2) is 3.49. The number of rotatable bonds is 1. The molecule has 12 heavy (non-hydrogen) atoms. The zero-order valence-electron chi connectivity index (χ0n) is 6.93. The van der Waals surface area contributed by atoms with E-state index in [1.165, 1.54) is 14.0 Å². The van der Waals surface area contributed by atoms with E-state index in [0.29, 0.717) is 0 Å². The van der Waals surface area contributed by atoms with E-state index in [9.17, 15) is 9.90 Å². The molecule has 5 heteroatoms. The summed E-state index contributed by atoms with van der Waals surface area (Å²) in [4.78, 5) is 11.0. The summed E-state index contributed by atoms with van der Waals surface area (Å²) in [5.74, 6) is -0.518. The molecular weight excluding hydrogens is 164 g/mol. The molecule has 0 spiro atoms. The van der Waals surface area contributed by atoms with Crippen LogP contribution in [0, 0.1) is 0 Å². The minimum Gasteiger partial charge on any atom is -0.385 e. The summed E-state index contributed by atoms with van der Waals surface area (Å²) in [6.07, 6.45) is -4.35. The van der Waals surface area contributed by atoms with E-state index in [2.05, 4.69) is 0 Å². The predicted molar refractivity (Wildman–Crippen MR) is 38.4 cm³/mol. The highest BCUT2D eigenvalue weighted by Gasteiger charge is 2.41. The first-order valence-electron chi connectivity index (χ1n) is 3.66. The topological polar surface area (TPSA) is 76.0 Å². The zero-order valence-corrected chi connectivity index (χ0v) is 6.93. The van der Waals surface area contributed by atoms with Gasteiger partial charge in [0.25, 0.3) is 0 Å². The maximum absolute atomic E-state index is 11.0. The summed E-state index contributed by atoms with van der Waals surface area (Å²) in [7, 11) is 1.34. The summed E-state index contributed by atoms with van der Waals surface area (Å²) in [6.45, 7) is 1.50. The Morgan fingerprint density at radius 1 is 1.50 bits per heavy atom. The van der Waals surface area contributed by atoms with Crippen LogP contribution in [0.25, 0.3) is 0 Å². The Morgan fingerprint density at radius 3 is 2.58 bits per heavy atom. The fraction of sp³-hybridized carbons (Fsp3) is 0.857. The summed E-state index contributed by atoms with van der Waals surface area (Å²) < 4.78 is 9.66. The van der Waals surface area contributed by atoms with Crippen molar-refractivity contribution in [3.05, 3.63) is 0 Å². The standard InChI is InChI=1S/C7H12O5/c1-3-4(8)5(9)6(10)7(11-2)12-3/h3,5-7,9-10H,1-2H3/t3-,5+,6-,7-/m0/s1. The molecule has 0 unspecified atom stereocenters. The lowest BCUT2D eigenvalue weighted by Crippen LogP contribution is -2.54. The Labute approximate surface area is 69.9 Å². The molecule has 1 rings (SSSR count). The van der Waals surface area contributed by atoms with E-state index < -0.39 is 30.4 Å². The Kier molecular flexibility index (Phi) is 2.79. The van der Waals surface area contributed by atoms with Crippen molar-refractivity contribution in [1.29, 1.82) is 0 Å². The van der Waals surface area contributed by atoms with Crippen molar-refractivity contribution in [2.24, 2.45) is 0 Å². The van der Waals surface area contributed by atoms with Gasteiger partial charge in [-0.25, -0.2) is 0 Å². The number of aliphatic hydroxyl groups excluding tert-OH is 2. The Bertz CT molecular complexity index is 181. The Hall–Kier alpha value is -0.490. The molecule has 5 nitrogen and oxygen atoms in total. The lowest BCUT2D eigenvalue weighted by Gasteiger charge is -2.33. The minimum absolute atomic E-state index is 0.518. The van der Waals surface area contributed by atoms with Crippen LogP contribution >= 0.6 is 0 Å². The number of ketones is 1. The number of hydrogen-bond donors (Lipinski definition) is 2. The van der Waals surface area contributed by atoms with Gasteiger partial charge in [-0.2, -0.15) is 0 Å². The zero-order chi connectivity index (χ0) is 9.30. The number of Topliss-reactive ketones (excluding diaryl/α,β-unsaturated/α-hetero) is 1. The first kappa shape index (κ1) is 9.60. The molecule has 4 atom stereocenters. The normalized spacial score (nSPS) is 43.2. The fourth-order valence-electron chi connectivity index (χ4n) is 1.10. The van der Waals surface area contributed by atoms with Gasteiger partial charge in [0.1, 0.15) is 18.3 Å². The largest absolute Gasteiger partial charge is 0.385 e. The van der Waals surface area contributed by atoms with Crippen molar-refractivity contribution in [1.82, 2.24) is 0 Å². The van der Waals surface area contributed by atoms with Gasteiger partial charge in [-0.1, -0.05) is 0 Å². The highest BCUT2D eigenvalue weighted by molar-refractivity contribution is 5.88. The number of methoxy groups -OCH3 is 1. The molecule has 70 valence electrons. The van der Waals surface area contributed by atoms with Gasteiger partial charge < -0.3 is 19.7 Å². The van der Waals surface area contributed by atoms with Crippen molar-refractivity contribution in [2.45, 2.75) is 31.5 Å². The Morgan fingerprint density at radius 2 is 2.08 bits per heavy atom. The van der Waals surface area contributed by atoms with Crippen LogP contribution in [0.5, 0.6) is 0 Å². The third-order valence-electron chi connectivity index (χ3n) is 1.87. The average Bonchev–Trinajstić information content (AvgIpc) is 2.08. The minimum atomic E-state index is -1.40. The lowest BCUT2D eigenvalue weighted by atomic mass is 10.0. The molecule has 2 N–H and O–H groups in total. The summed E-state index contributed by atoms with van der Waals surface area (Å²) in [5, 5.41) is 18.4. The SMILES string of the molecule is CO[C@H]1O[C@@H](C)C(=O)[C@@H](O)[C@@H]1O. The van der Waals surface area contributed by atoms with Crippen LogP contribution in [0.4, 0.5) is 0 Å². The molecule has 1 heterocycles. The van der Waals surface area contributed by atoms with Gasteiger partial charge in [-0.3, -0.25) is 4.79 Å². The maximum atomic E-state index is 11.0. The highest BCUT2D eigenvalue weighted by atomic mass is 16.7. The highest BCUT2D eigenvalue weighted by Crippen LogP contribution is 2.17. The van der Waals surface area contributed by atoms with Gasteiger partial charge in [0, 0.05) is 7.11 Å². The maximum Gasteiger partial charge on any atom is 0.192 e. The van der Waals surface area contributed by atoms with Crippen molar-refractivity contribution < 1.29 is 24.5 Å². The van der Waals surface area contributed by atoms with Crippen LogP contribution < -0.4 is 0 Å². The molecule has 1 aliphatic rings. The summed E-state index contributed by atoms with van der Waals surface area (Å²) in [5.41, 5.74) is 0. The lowest BCUT2D eigenvalue weighted by molar-refractivity contribution is -0.242. The molecule has 0 aromatic heterocycles. The van der Waals surface area contributed by atoms with Crippen LogP contribution in [0.15, 0.2) is 0 Å². The molecule has 1 aliphatic heterocycles. The number of carbonyl (C=O) groups is 1. The van der Waals surface area contributed by atoms with E-state index >= 15 is 0 Å². The van der Waals surface area contributed by atoms with Gasteiger partial charge in [0.05, 0.1) is 0 Å². The average molecular weight is 176 g/mol. The molecule has 1 fully saturated rings. The molecule has 0 aliphatic carbocycles. The van der Waals surface area contributed by atoms with Gasteiger partial charge in [0.2, 0.25) is 0 Å². The van der Waals surface area contributed by atoms with Crippen LogP contribution in [0.3, 0.4) is 0 Å². The molecular formula is C7H12O5. The quantitative estimate of drug-likeness (QED) is 0.517. The predicted octanol–water partition coefficient (Wildman–Crippen LogP) is -1.33. The van der Waals surface area contributed by atoms with E-state index in [4.69, 9.17) is 14.6 Å². The summed E-state index contributed by atoms with van der Waals surface area (Å²) >= 11 is 0. The van der Waals surface area contributed by atoms with Crippen LogP contribution in [0.2, 0.25) is 0 Å². The van der Waals surface area contributed by atoms with E-state index in [1.807, 2.05) is 0 Å². The molecule has 0 saturated carbocycles.